The summed E-state index contributed by atoms with van der Waals surface area (Å²) in [5.41, 5.74) is 1.26. The second-order valence-electron chi connectivity index (χ2n) is 5.19. The van der Waals surface area contributed by atoms with Gasteiger partial charge in [0, 0.05) is 29.9 Å². The van der Waals surface area contributed by atoms with E-state index in [4.69, 9.17) is 11.6 Å². The average Bonchev–Trinajstić information content (AvgIpc) is 3.17. The van der Waals surface area contributed by atoms with E-state index in [1.54, 1.807) is 0 Å². The monoisotopic (exact) mass is 249 g/mol. The topological polar surface area (TPSA) is 20.3 Å². The number of hydrogen-bond donors (Lipinski definition) is 0. The fourth-order valence-corrected chi connectivity index (χ4v) is 2.69. The Labute approximate surface area is 107 Å². The molecule has 3 heteroatoms. The van der Waals surface area contributed by atoms with E-state index in [9.17, 15) is 4.79 Å². The molecule has 90 valence electrons. The van der Waals surface area contributed by atoms with Gasteiger partial charge in [-0.1, -0.05) is 23.7 Å². The number of carbonyl (C=O) groups excluding carboxylic acids is 1. The van der Waals surface area contributed by atoms with Crippen molar-refractivity contribution in [2.24, 2.45) is 5.92 Å². The number of benzene rings is 1. The van der Waals surface area contributed by atoms with Crippen molar-refractivity contribution in [1.82, 2.24) is 4.90 Å². The summed E-state index contributed by atoms with van der Waals surface area (Å²) in [5, 5.41) is 0.782. The molecule has 2 nitrogen and oxygen atoms in total. The first-order chi connectivity index (χ1) is 8.16. The summed E-state index contributed by atoms with van der Waals surface area (Å²) in [6.07, 6.45) is 3.24. The van der Waals surface area contributed by atoms with Gasteiger partial charge in [-0.25, -0.2) is 0 Å². The Balaban J connectivity index is 1.67. The third-order valence-corrected chi connectivity index (χ3v) is 4.04. The first-order valence-corrected chi connectivity index (χ1v) is 6.57. The minimum absolute atomic E-state index is 0.320. The zero-order valence-corrected chi connectivity index (χ0v) is 10.7. The molecule has 0 radical (unpaired) electrons. The second-order valence-corrected chi connectivity index (χ2v) is 5.62. The highest BCUT2D eigenvalue weighted by Crippen LogP contribution is 2.46. The van der Waals surface area contributed by atoms with Crippen LogP contribution >= 0.6 is 11.6 Å². The maximum Gasteiger partial charge on any atom is 0.225 e. The van der Waals surface area contributed by atoms with Crippen molar-refractivity contribution in [3.05, 3.63) is 34.9 Å². The molecule has 0 saturated heterocycles. The highest BCUT2D eigenvalue weighted by Gasteiger charge is 2.45. The highest BCUT2D eigenvalue weighted by molar-refractivity contribution is 6.30. The van der Waals surface area contributed by atoms with Gasteiger partial charge in [-0.2, -0.15) is 0 Å². The molecule has 0 spiro atoms. The van der Waals surface area contributed by atoms with Crippen LogP contribution in [0.15, 0.2) is 24.3 Å². The number of amides is 1. The lowest BCUT2D eigenvalue weighted by molar-refractivity contribution is -0.131. The predicted octanol–water partition coefficient (Wildman–Crippen LogP) is 3.06. The molecular weight excluding hydrogens is 234 g/mol. The van der Waals surface area contributed by atoms with Crippen molar-refractivity contribution in [1.29, 1.82) is 0 Å². The van der Waals surface area contributed by atoms with Crippen LogP contribution in [0.3, 0.4) is 0 Å². The Morgan fingerprint density at radius 2 is 2.18 bits per heavy atom. The average molecular weight is 250 g/mol. The normalized spacial score (nSPS) is 26.7. The molecule has 0 heterocycles. The summed E-state index contributed by atoms with van der Waals surface area (Å²) >= 11 is 5.99. The SMILES string of the molecule is CN(C(=O)C1CC1)C1CC1c1cccc(Cl)c1. The molecule has 2 aliphatic rings. The van der Waals surface area contributed by atoms with Crippen LogP contribution in [0, 0.1) is 5.92 Å². The van der Waals surface area contributed by atoms with E-state index in [0.717, 1.165) is 24.3 Å². The Morgan fingerprint density at radius 1 is 1.41 bits per heavy atom. The molecule has 2 aliphatic carbocycles. The third-order valence-electron chi connectivity index (χ3n) is 3.81. The largest absolute Gasteiger partial charge is 0.342 e. The zero-order chi connectivity index (χ0) is 12.0. The van der Waals surface area contributed by atoms with Gasteiger partial charge in [-0.15, -0.1) is 0 Å². The molecule has 1 amide bonds. The molecule has 2 saturated carbocycles. The van der Waals surface area contributed by atoms with Crippen LogP contribution in [0.2, 0.25) is 5.02 Å². The Kier molecular flexibility index (Phi) is 2.62. The Bertz CT molecular complexity index is 455. The van der Waals surface area contributed by atoms with Crippen LogP contribution in [-0.2, 0) is 4.79 Å². The Morgan fingerprint density at radius 3 is 2.82 bits per heavy atom. The number of carbonyl (C=O) groups is 1. The Hall–Kier alpha value is -1.02. The summed E-state index contributed by atoms with van der Waals surface area (Å²) in [5.74, 6) is 1.14. The van der Waals surface area contributed by atoms with Crippen LogP contribution in [0.4, 0.5) is 0 Å². The fraction of sp³-hybridized carbons (Fsp3) is 0.500. The van der Waals surface area contributed by atoms with E-state index >= 15 is 0 Å². The number of likely N-dealkylation sites (N-methyl/N-ethyl adjacent to an activating group) is 1. The highest BCUT2D eigenvalue weighted by atomic mass is 35.5. The number of nitrogens with zero attached hydrogens (tertiary/aromatic N) is 1. The lowest BCUT2D eigenvalue weighted by Gasteiger charge is -2.17. The molecule has 0 aromatic heterocycles. The summed E-state index contributed by atoms with van der Waals surface area (Å²) in [6.45, 7) is 0. The molecule has 17 heavy (non-hydrogen) atoms. The van der Waals surface area contributed by atoms with E-state index in [1.165, 1.54) is 5.56 Å². The zero-order valence-electron chi connectivity index (χ0n) is 9.90. The van der Waals surface area contributed by atoms with Crippen molar-refractivity contribution in [2.45, 2.75) is 31.2 Å². The summed E-state index contributed by atoms with van der Waals surface area (Å²) in [4.78, 5) is 13.9. The predicted molar refractivity (Wildman–Crippen MR) is 68.1 cm³/mol. The third kappa shape index (κ3) is 2.19. The van der Waals surface area contributed by atoms with Crippen molar-refractivity contribution in [3.63, 3.8) is 0 Å². The summed E-state index contributed by atoms with van der Waals surface area (Å²) in [7, 11) is 1.94. The van der Waals surface area contributed by atoms with E-state index < -0.39 is 0 Å². The second kappa shape index (κ2) is 4.02. The van der Waals surface area contributed by atoms with Crippen molar-refractivity contribution in [3.8, 4) is 0 Å². The van der Waals surface area contributed by atoms with Gasteiger partial charge < -0.3 is 4.90 Å². The molecule has 2 fully saturated rings. The quantitative estimate of drug-likeness (QED) is 0.806. The first kappa shape index (κ1) is 11.1. The molecular formula is C14H16ClNO. The van der Waals surface area contributed by atoms with Gasteiger partial charge in [-0.05, 0) is 37.0 Å². The van der Waals surface area contributed by atoms with Crippen LogP contribution in [0.1, 0.15) is 30.7 Å². The van der Waals surface area contributed by atoms with Crippen molar-refractivity contribution < 1.29 is 4.79 Å². The fourth-order valence-electron chi connectivity index (χ4n) is 2.49. The minimum Gasteiger partial charge on any atom is -0.342 e. The number of halogens is 1. The first-order valence-electron chi connectivity index (χ1n) is 6.19. The standard InChI is InChI=1S/C14H16ClNO/c1-16(14(17)9-5-6-9)13-8-12(13)10-3-2-4-11(15)7-10/h2-4,7,9,12-13H,5-6,8H2,1H3. The smallest absolute Gasteiger partial charge is 0.225 e. The maximum atomic E-state index is 11.9. The van der Waals surface area contributed by atoms with E-state index in [1.807, 2.05) is 30.1 Å². The van der Waals surface area contributed by atoms with Crippen LogP contribution in [0.25, 0.3) is 0 Å². The van der Waals surface area contributed by atoms with Gasteiger partial charge >= 0.3 is 0 Å². The van der Waals surface area contributed by atoms with E-state index in [2.05, 4.69) is 6.07 Å². The molecule has 2 atom stereocenters. The van der Waals surface area contributed by atoms with E-state index in [0.29, 0.717) is 23.8 Å². The van der Waals surface area contributed by atoms with Gasteiger partial charge in [-0.3, -0.25) is 4.79 Å². The molecule has 0 N–H and O–H groups in total. The maximum absolute atomic E-state index is 11.9. The lowest BCUT2D eigenvalue weighted by atomic mass is 10.1. The van der Waals surface area contributed by atoms with Crippen LogP contribution in [0.5, 0.6) is 0 Å². The van der Waals surface area contributed by atoms with Gasteiger partial charge in [0.15, 0.2) is 0 Å². The van der Waals surface area contributed by atoms with Crippen molar-refractivity contribution in [2.75, 3.05) is 7.05 Å². The van der Waals surface area contributed by atoms with Gasteiger partial charge in [0.05, 0.1) is 0 Å². The molecule has 1 aromatic rings. The van der Waals surface area contributed by atoms with Crippen molar-refractivity contribution >= 4 is 17.5 Å². The number of rotatable bonds is 3. The van der Waals surface area contributed by atoms with Gasteiger partial charge in [0.25, 0.3) is 0 Å². The van der Waals surface area contributed by atoms with E-state index in [-0.39, 0.29) is 0 Å². The molecule has 0 aliphatic heterocycles. The number of hydrogen-bond acceptors (Lipinski definition) is 1. The molecule has 0 bridgehead atoms. The molecule has 3 rings (SSSR count). The molecule has 2 unspecified atom stereocenters. The summed E-state index contributed by atoms with van der Waals surface area (Å²) < 4.78 is 0. The molecule has 1 aromatic carbocycles. The minimum atomic E-state index is 0.320. The lowest BCUT2D eigenvalue weighted by Crippen LogP contribution is -2.30. The van der Waals surface area contributed by atoms with Crippen LogP contribution in [-0.4, -0.2) is 23.9 Å². The van der Waals surface area contributed by atoms with Gasteiger partial charge in [0.1, 0.15) is 0 Å². The summed E-state index contributed by atoms with van der Waals surface area (Å²) in [6, 6.07) is 8.38. The van der Waals surface area contributed by atoms with Crippen LogP contribution < -0.4 is 0 Å². The van der Waals surface area contributed by atoms with Gasteiger partial charge in [0.2, 0.25) is 5.91 Å².